The third-order valence-electron chi connectivity index (χ3n) is 1.94. The number of hydrogen-bond donors (Lipinski definition) is 1. The summed E-state index contributed by atoms with van der Waals surface area (Å²) in [6, 6.07) is 0. The third-order valence-corrected chi connectivity index (χ3v) is 1.94. The van der Waals surface area contributed by atoms with Crippen molar-refractivity contribution < 1.29 is 0 Å². The molecule has 1 unspecified atom stereocenters. The monoisotopic (exact) mass is 127 g/mol. The minimum absolute atomic E-state index is 0.705. The van der Waals surface area contributed by atoms with Crippen LogP contribution in [0.1, 0.15) is 12.8 Å². The molecule has 0 aromatic heterocycles. The molecule has 1 atom stereocenters. The molecule has 1 saturated heterocycles. The summed E-state index contributed by atoms with van der Waals surface area (Å²) >= 11 is 0. The third kappa shape index (κ3) is 1.95. The Morgan fingerprint density at radius 3 is 2.89 bits per heavy atom. The zero-order valence-electron chi connectivity index (χ0n) is 5.84. The van der Waals surface area contributed by atoms with E-state index in [0.717, 1.165) is 19.6 Å². The van der Waals surface area contributed by atoms with Crippen LogP contribution in [-0.4, -0.2) is 24.5 Å². The van der Waals surface area contributed by atoms with Crippen LogP contribution in [0.15, 0.2) is 0 Å². The van der Waals surface area contributed by atoms with Crippen LogP contribution in [0.5, 0.6) is 0 Å². The Bertz CT molecular complexity index is 83.0. The van der Waals surface area contributed by atoms with E-state index in [1.165, 1.54) is 12.8 Å². The van der Waals surface area contributed by atoms with Gasteiger partial charge in [0.25, 0.3) is 0 Å². The number of hydrogen-bond acceptors (Lipinski definition) is 2. The molecule has 0 spiro atoms. The van der Waals surface area contributed by atoms with Crippen LogP contribution < -0.4 is 5.73 Å². The minimum Gasteiger partial charge on any atom is -0.459 e. The first kappa shape index (κ1) is 7.03. The van der Waals surface area contributed by atoms with Crippen LogP contribution in [0.25, 0.3) is 0 Å². The summed E-state index contributed by atoms with van der Waals surface area (Å²) in [5.74, 6) is 0.705. The molecule has 9 heavy (non-hydrogen) atoms. The average molecular weight is 127 g/mol. The van der Waals surface area contributed by atoms with E-state index in [1.807, 2.05) is 0 Å². The summed E-state index contributed by atoms with van der Waals surface area (Å²) in [4.78, 5) is 2.11. The first-order valence-electron chi connectivity index (χ1n) is 3.58. The van der Waals surface area contributed by atoms with Crippen molar-refractivity contribution in [2.24, 2.45) is 11.7 Å². The van der Waals surface area contributed by atoms with Crippen molar-refractivity contribution in [2.45, 2.75) is 12.8 Å². The van der Waals surface area contributed by atoms with Crippen molar-refractivity contribution in [2.75, 3.05) is 19.6 Å². The normalized spacial score (nSPS) is 30.7. The zero-order valence-corrected chi connectivity index (χ0v) is 5.84. The van der Waals surface area contributed by atoms with Crippen LogP contribution in [0.2, 0.25) is 0 Å². The van der Waals surface area contributed by atoms with Gasteiger partial charge in [-0.25, -0.2) is 0 Å². The lowest BCUT2D eigenvalue weighted by atomic mass is 9.99. The molecular weight excluding hydrogens is 112 g/mol. The van der Waals surface area contributed by atoms with Gasteiger partial charge in [0.15, 0.2) is 0 Å². The highest BCUT2D eigenvalue weighted by Gasteiger charge is 2.11. The van der Waals surface area contributed by atoms with Gasteiger partial charge in [0.1, 0.15) is 0 Å². The molecule has 0 aromatic rings. The molecule has 1 aliphatic rings. The van der Waals surface area contributed by atoms with Gasteiger partial charge in [-0.15, -0.1) is 0 Å². The molecule has 1 rings (SSSR count). The van der Waals surface area contributed by atoms with Gasteiger partial charge in [-0.05, 0) is 38.4 Å². The Labute approximate surface area is 57.0 Å². The zero-order chi connectivity index (χ0) is 6.69. The van der Waals surface area contributed by atoms with Gasteiger partial charge in [0, 0.05) is 0 Å². The summed E-state index contributed by atoms with van der Waals surface area (Å²) < 4.78 is 0. The van der Waals surface area contributed by atoms with Crippen molar-refractivity contribution >= 4 is 0 Å². The molecular formula is C7H15N2-. The number of likely N-dealkylation sites (tertiary alicyclic amines) is 1. The van der Waals surface area contributed by atoms with Gasteiger partial charge in [-0.2, -0.15) is 0 Å². The van der Waals surface area contributed by atoms with E-state index < -0.39 is 0 Å². The van der Waals surface area contributed by atoms with Crippen molar-refractivity contribution in [3.8, 4) is 0 Å². The molecule has 0 saturated carbocycles. The maximum atomic E-state index is 5.51. The molecule has 0 bridgehead atoms. The molecule has 2 nitrogen and oxygen atoms in total. The second-order valence-corrected chi connectivity index (χ2v) is 2.82. The number of nitrogens with zero attached hydrogens (tertiary/aromatic N) is 1. The van der Waals surface area contributed by atoms with Gasteiger partial charge in [-0.1, -0.05) is 0 Å². The summed E-state index contributed by atoms with van der Waals surface area (Å²) in [6.45, 7) is 3.07. The fraction of sp³-hybridized carbons (Fsp3) is 0.857. The fourth-order valence-corrected chi connectivity index (χ4v) is 1.34. The summed E-state index contributed by atoms with van der Waals surface area (Å²) in [6.07, 6.45) is 2.56. The largest absolute Gasteiger partial charge is 0.459 e. The number of rotatable bonds is 1. The van der Waals surface area contributed by atoms with Crippen LogP contribution in [0.3, 0.4) is 0 Å². The highest BCUT2D eigenvalue weighted by atomic mass is 15.1. The summed E-state index contributed by atoms with van der Waals surface area (Å²) in [5.41, 5.74) is 5.51. The number of piperidine rings is 1. The Morgan fingerprint density at radius 1 is 1.67 bits per heavy atom. The molecule has 1 heterocycles. The second kappa shape index (κ2) is 3.18. The predicted molar refractivity (Wildman–Crippen MR) is 38.7 cm³/mol. The maximum Gasteiger partial charge on any atom is -0.00375 e. The molecule has 1 fully saturated rings. The molecule has 2 N–H and O–H groups in total. The highest BCUT2D eigenvalue weighted by molar-refractivity contribution is 4.72. The van der Waals surface area contributed by atoms with E-state index in [0.29, 0.717) is 5.92 Å². The van der Waals surface area contributed by atoms with Crippen molar-refractivity contribution in [3.63, 3.8) is 0 Å². The van der Waals surface area contributed by atoms with Gasteiger partial charge in [0.2, 0.25) is 0 Å². The lowest BCUT2D eigenvalue weighted by molar-refractivity contribution is 0.235. The van der Waals surface area contributed by atoms with Crippen LogP contribution in [-0.2, 0) is 0 Å². The molecule has 54 valence electrons. The molecule has 0 aliphatic carbocycles. The summed E-state index contributed by atoms with van der Waals surface area (Å²) in [7, 11) is 3.87. The van der Waals surface area contributed by atoms with Gasteiger partial charge in [-0.3, -0.25) is 7.05 Å². The van der Waals surface area contributed by atoms with Crippen molar-refractivity contribution in [1.29, 1.82) is 0 Å². The molecule has 0 aromatic carbocycles. The average Bonchev–Trinajstić information content (AvgIpc) is 1.88. The quantitative estimate of drug-likeness (QED) is 0.518. The van der Waals surface area contributed by atoms with E-state index in [2.05, 4.69) is 11.9 Å². The number of nitrogens with two attached hydrogens (primary N) is 1. The summed E-state index contributed by atoms with van der Waals surface area (Å²) in [5, 5.41) is 0. The topological polar surface area (TPSA) is 29.3 Å². The first-order valence-corrected chi connectivity index (χ1v) is 3.58. The van der Waals surface area contributed by atoms with E-state index in [-0.39, 0.29) is 0 Å². The van der Waals surface area contributed by atoms with Gasteiger partial charge >= 0.3 is 0 Å². The van der Waals surface area contributed by atoms with Crippen LogP contribution in [0.4, 0.5) is 0 Å². The minimum atomic E-state index is 0.705. The molecule has 1 aliphatic heterocycles. The van der Waals surface area contributed by atoms with Gasteiger partial charge < -0.3 is 10.6 Å². The van der Waals surface area contributed by atoms with E-state index in [9.17, 15) is 0 Å². The standard InChI is InChI=1S/C7H15N2/c1-9-4-2-3-7(5-8)6-9/h7H,1-6,8H2/q-1. The molecule has 2 heteroatoms. The molecule has 0 amide bonds. The fourth-order valence-electron chi connectivity index (χ4n) is 1.34. The van der Waals surface area contributed by atoms with Crippen molar-refractivity contribution in [1.82, 2.24) is 4.90 Å². The first-order chi connectivity index (χ1) is 4.33. The smallest absolute Gasteiger partial charge is 0.00375 e. The Morgan fingerprint density at radius 2 is 2.44 bits per heavy atom. The second-order valence-electron chi connectivity index (χ2n) is 2.82. The lowest BCUT2D eigenvalue weighted by Gasteiger charge is -2.34. The predicted octanol–water partition coefficient (Wildman–Crippen LogP) is 0.449. The molecule has 0 radical (unpaired) electrons. The highest BCUT2D eigenvalue weighted by Crippen LogP contribution is 2.13. The lowest BCUT2D eigenvalue weighted by Crippen LogP contribution is -2.34. The van der Waals surface area contributed by atoms with Gasteiger partial charge in [0.05, 0.1) is 0 Å². The Kier molecular flexibility index (Phi) is 2.49. The SMILES string of the molecule is [CH2-]N1CCCC(CN)C1. The van der Waals surface area contributed by atoms with Crippen molar-refractivity contribution in [3.05, 3.63) is 7.05 Å². The van der Waals surface area contributed by atoms with Crippen LogP contribution in [0, 0.1) is 13.0 Å². The van der Waals surface area contributed by atoms with Crippen LogP contribution >= 0.6 is 0 Å². The van der Waals surface area contributed by atoms with E-state index >= 15 is 0 Å². The Hall–Kier alpha value is -0.0800. The Balaban J connectivity index is 2.23. The van der Waals surface area contributed by atoms with E-state index in [1.54, 1.807) is 0 Å². The van der Waals surface area contributed by atoms with E-state index in [4.69, 9.17) is 5.73 Å². The maximum absolute atomic E-state index is 5.51.